The van der Waals surface area contributed by atoms with Gasteiger partial charge in [-0.1, -0.05) is 30.3 Å². The zero-order chi connectivity index (χ0) is 11.1. The van der Waals surface area contributed by atoms with E-state index in [1.165, 1.54) is 0 Å². The van der Waals surface area contributed by atoms with Gasteiger partial charge >= 0.3 is 5.97 Å². The predicted octanol–water partition coefficient (Wildman–Crippen LogP) is 2.21. The van der Waals surface area contributed by atoms with Crippen molar-refractivity contribution in [2.24, 2.45) is 0 Å². The molecule has 3 nitrogen and oxygen atoms in total. The Kier molecular flexibility index (Phi) is 4.54. The van der Waals surface area contributed by atoms with Gasteiger partial charge in [0.25, 0.3) is 0 Å². The van der Waals surface area contributed by atoms with Gasteiger partial charge in [0.2, 0.25) is 0 Å². The van der Waals surface area contributed by atoms with Crippen LogP contribution >= 0.6 is 0 Å². The van der Waals surface area contributed by atoms with E-state index in [-0.39, 0.29) is 11.8 Å². The van der Waals surface area contributed by atoms with Gasteiger partial charge in [0.15, 0.2) is 5.78 Å². The van der Waals surface area contributed by atoms with E-state index in [2.05, 4.69) is 4.74 Å². The molecule has 0 aromatic heterocycles. The number of esters is 1. The van der Waals surface area contributed by atoms with Crippen molar-refractivity contribution in [3.63, 3.8) is 0 Å². The smallest absolute Gasteiger partial charge is 0.305 e. The molecule has 0 bridgehead atoms. The van der Waals surface area contributed by atoms with Crippen LogP contribution in [0, 0.1) is 0 Å². The standard InChI is InChI=1S/C8H8O.C4H6O2/c1-7(9)8-5-3-2-4-6-8;5-4-2-1-3-6-4/h2-6H,1H3;1-3H2. The van der Waals surface area contributed by atoms with Crippen LogP contribution in [-0.2, 0) is 9.53 Å². The molecule has 1 aliphatic rings. The zero-order valence-corrected chi connectivity index (χ0v) is 8.73. The molecule has 0 amide bonds. The second-order valence-corrected chi connectivity index (χ2v) is 3.25. The van der Waals surface area contributed by atoms with E-state index in [4.69, 9.17) is 0 Å². The Morgan fingerprint density at radius 1 is 1.27 bits per heavy atom. The zero-order valence-electron chi connectivity index (χ0n) is 8.73. The van der Waals surface area contributed by atoms with E-state index in [9.17, 15) is 9.59 Å². The average molecular weight is 206 g/mol. The van der Waals surface area contributed by atoms with Crippen LogP contribution in [0.5, 0.6) is 0 Å². The second kappa shape index (κ2) is 5.96. The molecule has 0 radical (unpaired) electrons. The van der Waals surface area contributed by atoms with Crippen LogP contribution < -0.4 is 0 Å². The molecular formula is C12H14O3. The van der Waals surface area contributed by atoms with Crippen LogP contribution in [0.15, 0.2) is 30.3 Å². The Morgan fingerprint density at radius 3 is 2.20 bits per heavy atom. The number of hydrogen-bond donors (Lipinski definition) is 0. The monoisotopic (exact) mass is 206 g/mol. The summed E-state index contributed by atoms with van der Waals surface area (Å²) < 4.78 is 4.51. The normalized spacial score (nSPS) is 13.8. The van der Waals surface area contributed by atoms with Gasteiger partial charge in [-0.15, -0.1) is 0 Å². The van der Waals surface area contributed by atoms with Crippen molar-refractivity contribution in [1.82, 2.24) is 0 Å². The number of carbonyl (C=O) groups is 2. The van der Waals surface area contributed by atoms with E-state index < -0.39 is 0 Å². The molecule has 1 aliphatic heterocycles. The van der Waals surface area contributed by atoms with Crippen LogP contribution in [0.1, 0.15) is 30.1 Å². The first-order valence-electron chi connectivity index (χ1n) is 4.92. The third-order valence-corrected chi connectivity index (χ3v) is 1.97. The van der Waals surface area contributed by atoms with Crippen LogP contribution in [0.3, 0.4) is 0 Å². The number of cyclic esters (lactones) is 1. The lowest BCUT2D eigenvalue weighted by molar-refractivity contribution is -0.137. The highest BCUT2D eigenvalue weighted by molar-refractivity contribution is 5.93. The maximum atomic E-state index is 10.6. The number of ketones is 1. The fourth-order valence-corrected chi connectivity index (χ4v) is 1.15. The average Bonchev–Trinajstić information content (AvgIpc) is 2.71. The highest BCUT2D eigenvalue weighted by Gasteiger charge is 2.08. The van der Waals surface area contributed by atoms with Gasteiger partial charge in [0.05, 0.1) is 6.61 Å². The Bertz CT molecular complexity index is 322. The summed E-state index contributed by atoms with van der Waals surface area (Å²) in [7, 11) is 0. The summed E-state index contributed by atoms with van der Waals surface area (Å²) >= 11 is 0. The Hall–Kier alpha value is -1.64. The van der Waals surface area contributed by atoms with Gasteiger partial charge < -0.3 is 4.74 Å². The topological polar surface area (TPSA) is 43.4 Å². The van der Waals surface area contributed by atoms with E-state index >= 15 is 0 Å². The highest BCUT2D eigenvalue weighted by Crippen LogP contribution is 2.01. The third kappa shape index (κ3) is 4.40. The van der Waals surface area contributed by atoms with E-state index in [1.807, 2.05) is 30.3 Å². The lowest BCUT2D eigenvalue weighted by Gasteiger charge is -1.89. The largest absolute Gasteiger partial charge is 0.466 e. The van der Waals surface area contributed by atoms with Crippen LogP contribution in [0.2, 0.25) is 0 Å². The summed E-state index contributed by atoms with van der Waals surface area (Å²) in [6.07, 6.45) is 1.54. The van der Waals surface area contributed by atoms with Gasteiger partial charge in [-0.05, 0) is 13.3 Å². The second-order valence-electron chi connectivity index (χ2n) is 3.25. The minimum absolute atomic E-state index is 0.0463. The molecule has 15 heavy (non-hydrogen) atoms. The van der Waals surface area contributed by atoms with Crippen molar-refractivity contribution in [2.45, 2.75) is 19.8 Å². The van der Waals surface area contributed by atoms with E-state index in [0.29, 0.717) is 13.0 Å². The molecule has 3 heteroatoms. The molecule has 80 valence electrons. The van der Waals surface area contributed by atoms with Crippen molar-refractivity contribution in [3.8, 4) is 0 Å². The number of rotatable bonds is 1. The number of hydrogen-bond acceptors (Lipinski definition) is 3. The molecule has 1 saturated heterocycles. The quantitative estimate of drug-likeness (QED) is 0.522. The molecule has 0 atom stereocenters. The summed E-state index contributed by atoms with van der Waals surface area (Å²) in [5, 5.41) is 0. The summed E-state index contributed by atoms with van der Waals surface area (Å²) in [5.41, 5.74) is 0.775. The number of benzene rings is 1. The first-order valence-corrected chi connectivity index (χ1v) is 4.92. The Morgan fingerprint density at radius 2 is 1.93 bits per heavy atom. The van der Waals surface area contributed by atoms with E-state index in [0.717, 1.165) is 12.0 Å². The molecule has 0 saturated carbocycles. The maximum absolute atomic E-state index is 10.6. The maximum Gasteiger partial charge on any atom is 0.305 e. The van der Waals surface area contributed by atoms with Crippen molar-refractivity contribution >= 4 is 11.8 Å². The van der Waals surface area contributed by atoms with Crippen molar-refractivity contribution in [3.05, 3.63) is 35.9 Å². The number of carbonyl (C=O) groups excluding carboxylic acids is 2. The Labute approximate surface area is 89.1 Å². The molecule has 2 rings (SSSR count). The summed E-state index contributed by atoms with van der Waals surface area (Å²) in [5.74, 6) is 0.0746. The number of ether oxygens (including phenoxy) is 1. The van der Waals surface area contributed by atoms with Crippen LogP contribution in [-0.4, -0.2) is 18.4 Å². The van der Waals surface area contributed by atoms with Crippen molar-refractivity contribution in [1.29, 1.82) is 0 Å². The fraction of sp³-hybridized carbons (Fsp3) is 0.333. The molecule has 1 aromatic rings. The molecule has 0 spiro atoms. The van der Waals surface area contributed by atoms with Crippen LogP contribution in [0.25, 0.3) is 0 Å². The van der Waals surface area contributed by atoms with Crippen molar-refractivity contribution in [2.75, 3.05) is 6.61 Å². The SMILES string of the molecule is CC(=O)c1ccccc1.O=C1CCCO1. The summed E-state index contributed by atoms with van der Waals surface area (Å²) in [6.45, 7) is 2.20. The van der Waals surface area contributed by atoms with Gasteiger partial charge in [-0.25, -0.2) is 0 Å². The molecule has 1 fully saturated rings. The summed E-state index contributed by atoms with van der Waals surface area (Å²) in [6, 6.07) is 9.23. The van der Waals surface area contributed by atoms with E-state index in [1.54, 1.807) is 6.92 Å². The lowest BCUT2D eigenvalue weighted by Crippen LogP contribution is -1.88. The van der Waals surface area contributed by atoms with Gasteiger partial charge in [0, 0.05) is 12.0 Å². The minimum atomic E-state index is -0.0463. The first-order chi connectivity index (χ1) is 7.20. The molecule has 1 aromatic carbocycles. The number of Topliss-reactive ketones (excluding diaryl/α,β-unsaturated/α-hetero) is 1. The molecule has 1 heterocycles. The fourth-order valence-electron chi connectivity index (χ4n) is 1.15. The highest BCUT2D eigenvalue weighted by atomic mass is 16.5. The molecule has 0 aliphatic carbocycles. The minimum Gasteiger partial charge on any atom is -0.466 e. The predicted molar refractivity (Wildman–Crippen MR) is 56.6 cm³/mol. The Balaban J connectivity index is 0.000000162. The first kappa shape index (κ1) is 11.4. The van der Waals surface area contributed by atoms with Crippen molar-refractivity contribution < 1.29 is 14.3 Å². The van der Waals surface area contributed by atoms with Gasteiger partial charge in [-0.2, -0.15) is 0 Å². The lowest BCUT2D eigenvalue weighted by atomic mass is 10.2. The van der Waals surface area contributed by atoms with Gasteiger partial charge in [0.1, 0.15) is 0 Å². The summed E-state index contributed by atoms with van der Waals surface area (Å²) in [4.78, 5) is 20.7. The molecular weight excluding hydrogens is 192 g/mol. The molecule has 0 N–H and O–H groups in total. The van der Waals surface area contributed by atoms with Gasteiger partial charge in [-0.3, -0.25) is 9.59 Å². The van der Waals surface area contributed by atoms with Crippen LogP contribution in [0.4, 0.5) is 0 Å². The third-order valence-electron chi connectivity index (χ3n) is 1.97. The molecule has 0 unspecified atom stereocenters.